The van der Waals surface area contributed by atoms with Crippen molar-refractivity contribution in [2.45, 2.75) is 43.6 Å². The minimum atomic E-state index is -5.24. The third kappa shape index (κ3) is 8.01. The van der Waals surface area contributed by atoms with Gasteiger partial charge in [0.25, 0.3) is 0 Å². The summed E-state index contributed by atoms with van der Waals surface area (Å²) in [7, 11) is -3.87. The molecule has 0 bridgehead atoms. The van der Waals surface area contributed by atoms with Crippen molar-refractivity contribution in [3.05, 3.63) is 29.3 Å². The average molecular weight is 478 g/mol. The van der Waals surface area contributed by atoms with Crippen LogP contribution in [0.1, 0.15) is 31.4 Å². The van der Waals surface area contributed by atoms with Crippen molar-refractivity contribution < 1.29 is 49.1 Å². The molecule has 0 radical (unpaired) electrons. The molecule has 0 heterocycles. The third-order valence-corrected chi connectivity index (χ3v) is 5.20. The SMILES string of the molecule is COC(=O)C(CC(C)C)NC(=O)CNS(=O)(=O)c1cc(C(F)(F)F)cc(C(F)(F)F)c1. The Hall–Kier alpha value is -2.35. The van der Waals surface area contributed by atoms with Crippen LogP contribution in [0, 0.1) is 5.92 Å². The molecule has 14 heteroatoms. The number of ether oxygens (including phenoxy) is 1. The normalized spacial score (nSPS) is 13.7. The molecular formula is C17H20F6N2O5S. The molecule has 7 nitrogen and oxygen atoms in total. The molecule has 0 spiro atoms. The number of carbonyl (C=O) groups is 2. The molecule has 0 aliphatic heterocycles. The van der Waals surface area contributed by atoms with Gasteiger partial charge in [0.05, 0.1) is 29.7 Å². The fourth-order valence-corrected chi connectivity index (χ4v) is 3.45. The number of nitrogens with one attached hydrogen (secondary N) is 2. The van der Waals surface area contributed by atoms with E-state index in [-0.39, 0.29) is 30.5 Å². The molecule has 0 saturated carbocycles. The smallest absolute Gasteiger partial charge is 0.416 e. The molecular weight excluding hydrogens is 458 g/mol. The lowest BCUT2D eigenvalue weighted by molar-refractivity contribution is -0.145. The van der Waals surface area contributed by atoms with Crippen molar-refractivity contribution in [2.75, 3.05) is 13.7 Å². The fraction of sp³-hybridized carbons (Fsp3) is 0.529. The topological polar surface area (TPSA) is 102 Å². The molecule has 31 heavy (non-hydrogen) atoms. The lowest BCUT2D eigenvalue weighted by Crippen LogP contribution is -2.46. The largest absolute Gasteiger partial charge is 0.467 e. The van der Waals surface area contributed by atoms with E-state index in [9.17, 15) is 44.3 Å². The first kappa shape index (κ1) is 26.7. The Morgan fingerprint density at radius 2 is 1.48 bits per heavy atom. The van der Waals surface area contributed by atoms with Gasteiger partial charge in [0.2, 0.25) is 15.9 Å². The first-order chi connectivity index (χ1) is 14.0. The zero-order valence-electron chi connectivity index (χ0n) is 16.5. The summed E-state index contributed by atoms with van der Waals surface area (Å²) in [5.41, 5.74) is -3.65. The highest BCUT2D eigenvalue weighted by Gasteiger charge is 2.38. The van der Waals surface area contributed by atoms with Crippen LogP contribution in [0.2, 0.25) is 0 Å². The predicted octanol–water partition coefficient (Wildman–Crippen LogP) is 2.71. The molecule has 0 saturated heterocycles. The van der Waals surface area contributed by atoms with E-state index in [2.05, 4.69) is 10.1 Å². The Kier molecular flexibility index (Phi) is 8.48. The van der Waals surface area contributed by atoms with Crippen molar-refractivity contribution in [3.63, 3.8) is 0 Å². The lowest BCUT2D eigenvalue weighted by atomic mass is 10.0. The Morgan fingerprint density at radius 1 is 1.00 bits per heavy atom. The number of hydrogen-bond acceptors (Lipinski definition) is 5. The summed E-state index contributed by atoms with van der Waals surface area (Å²) >= 11 is 0. The van der Waals surface area contributed by atoms with Crippen LogP contribution < -0.4 is 10.0 Å². The second kappa shape index (κ2) is 9.85. The molecule has 0 aromatic heterocycles. The summed E-state index contributed by atoms with van der Waals surface area (Å²) in [6, 6.07) is -1.30. The maximum atomic E-state index is 12.9. The number of methoxy groups -OCH3 is 1. The number of hydrogen-bond donors (Lipinski definition) is 2. The van der Waals surface area contributed by atoms with Crippen molar-refractivity contribution in [3.8, 4) is 0 Å². The number of alkyl halides is 6. The van der Waals surface area contributed by atoms with Crippen LogP contribution in [-0.2, 0) is 36.7 Å². The maximum absolute atomic E-state index is 12.9. The molecule has 1 aromatic rings. The first-order valence-corrected chi connectivity index (χ1v) is 10.1. The summed E-state index contributed by atoms with van der Waals surface area (Å²) in [6.45, 7) is 2.43. The van der Waals surface area contributed by atoms with E-state index >= 15 is 0 Å². The van der Waals surface area contributed by atoms with Crippen LogP contribution in [0.4, 0.5) is 26.3 Å². The standard InChI is InChI=1S/C17H20F6N2O5S/c1-9(2)4-13(15(27)30-3)25-14(26)8-24-31(28,29)12-6-10(16(18,19)20)5-11(7-12)17(21,22)23/h5-7,9,13,24H,4,8H2,1-3H3,(H,25,26). The van der Waals surface area contributed by atoms with E-state index in [4.69, 9.17) is 0 Å². The monoisotopic (exact) mass is 478 g/mol. The third-order valence-electron chi connectivity index (χ3n) is 3.82. The van der Waals surface area contributed by atoms with Crippen molar-refractivity contribution >= 4 is 21.9 Å². The number of amides is 1. The van der Waals surface area contributed by atoms with E-state index in [1.807, 2.05) is 0 Å². The number of benzene rings is 1. The lowest BCUT2D eigenvalue weighted by Gasteiger charge is -2.18. The molecule has 176 valence electrons. The van der Waals surface area contributed by atoms with Gasteiger partial charge in [-0.05, 0) is 30.5 Å². The first-order valence-electron chi connectivity index (χ1n) is 8.63. The van der Waals surface area contributed by atoms with Crippen LogP contribution in [0.15, 0.2) is 23.1 Å². The fourth-order valence-electron chi connectivity index (χ4n) is 2.40. The Bertz CT molecular complexity index is 880. The van der Waals surface area contributed by atoms with E-state index in [0.717, 1.165) is 7.11 Å². The number of sulfonamides is 1. The Labute approximate surface area is 174 Å². The van der Waals surface area contributed by atoms with Gasteiger partial charge in [0, 0.05) is 0 Å². The molecule has 1 amide bonds. The molecule has 0 aliphatic rings. The molecule has 1 aromatic carbocycles. The van der Waals surface area contributed by atoms with Crippen LogP contribution in [-0.4, -0.2) is 40.0 Å². The van der Waals surface area contributed by atoms with Gasteiger partial charge in [0.15, 0.2) is 0 Å². The molecule has 2 N–H and O–H groups in total. The summed E-state index contributed by atoms with van der Waals surface area (Å²) in [5, 5.41) is 2.19. The number of rotatable bonds is 8. The molecule has 1 atom stereocenters. The molecule has 1 unspecified atom stereocenters. The predicted molar refractivity (Wildman–Crippen MR) is 95.0 cm³/mol. The Balaban J connectivity index is 3.09. The highest BCUT2D eigenvalue weighted by atomic mass is 32.2. The van der Waals surface area contributed by atoms with E-state index in [1.54, 1.807) is 18.6 Å². The summed E-state index contributed by atoms with van der Waals surface area (Å²) in [5.74, 6) is -1.91. The van der Waals surface area contributed by atoms with E-state index < -0.39 is 62.9 Å². The van der Waals surface area contributed by atoms with Crippen molar-refractivity contribution in [1.29, 1.82) is 0 Å². The van der Waals surface area contributed by atoms with Gasteiger partial charge in [-0.1, -0.05) is 13.8 Å². The van der Waals surface area contributed by atoms with Gasteiger partial charge >= 0.3 is 18.3 Å². The van der Waals surface area contributed by atoms with Gasteiger partial charge in [0.1, 0.15) is 6.04 Å². The van der Waals surface area contributed by atoms with Crippen LogP contribution in [0.3, 0.4) is 0 Å². The number of esters is 1. The minimum Gasteiger partial charge on any atom is -0.467 e. The number of carbonyl (C=O) groups excluding carboxylic acids is 2. The molecule has 1 rings (SSSR count). The summed E-state index contributed by atoms with van der Waals surface area (Å²) < 4.78 is 108. The maximum Gasteiger partial charge on any atom is 0.416 e. The second-order valence-corrected chi connectivity index (χ2v) is 8.61. The zero-order valence-corrected chi connectivity index (χ0v) is 17.3. The quantitative estimate of drug-likeness (QED) is 0.442. The van der Waals surface area contributed by atoms with Gasteiger partial charge in [-0.15, -0.1) is 0 Å². The second-order valence-electron chi connectivity index (χ2n) is 6.84. The highest BCUT2D eigenvalue weighted by molar-refractivity contribution is 7.89. The molecule has 0 fully saturated rings. The van der Waals surface area contributed by atoms with Crippen LogP contribution in [0.5, 0.6) is 0 Å². The van der Waals surface area contributed by atoms with Crippen LogP contribution in [0.25, 0.3) is 0 Å². The van der Waals surface area contributed by atoms with E-state index in [0.29, 0.717) is 0 Å². The number of halogens is 6. The van der Waals surface area contributed by atoms with E-state index in [1.165, 1.54) is 0 Å². The summed E-state index contributed by atoms with van der Waals surface area (Å²) in [6.07, 6.45) is -10.3. The van der Waals surface area contributed by atoms with Crippen LogP contribution >= 0.6 is 0 Å². The van der Waals surface area contributed by atoms with Gasteiger partial charge in [-0.2, -0.15) is 26.3 Å². The van der Waals surface area contributed by atoms with Crippen molar-refractivity contribution in [2.24, 2.45) is 5.92 Å². The highest BCUT2D eigenvalue weighted by Crippen LogP contribution is 2.37. The van der Waals surface area contributed by atoms with Gasteiger partial charge < -0.3 is 10.1 Å². The van der Waals surface area contributed by atoms with Crippen molar-refractivity contribution in [1.82, 2.24) is 10.0 Å². The Morgan fingerprint density at radius 3 is 1.87 bits per heavy atom. The summed E-state index contributed by atoms with van der Waals surface area (Å²) in [4.78, 5) is 22.3. The zero-order chi connectivity index (χ0) is 24.2. The van der Waals surface area contributed by atoms with Gasteiger partial charge in [-0.25, -0.2) is 17.9 Å². The average Bonchev–Trinajstić information content (AvgIpc) is 2.63. The molecule has 0 aliphatic carbocycles. The van der Waals surface area contributed by atoms with Gasteiger partial charge in [-0.3, -0.25) is 4.79 Å². The minimum absolute atomic E-state index is 0.0193.